The summed E-state index contributed by atoms with van der Waals surface area (Å²) in [5.41, 5.74) is 3.14. The minimum Gasteiger partial charge on any atom is -0.493 e. The average molecular weight is 362 g/mol. The molecule has 4 heteroatoms. The third-order valence-electron chi connectivity index (χ3n) is 3.24. The maximum atomic E-state index is 11.9. The topological polar surface area (TPSA) is 38.3 Å². The van der Waals surface area contributed by atoms with Crippen molar-refractivity contribution in [2.45, 2.75) is 26.7 Å². The molecule has 0 fully saturated rings. The highest BCUT2D eigenvalue weighted by atomic mass is 79.9. The molecule has 22 heavy (non-hydrogen) atoms. The fourth-order valence-corrected chi connectivity index (χ4v) is 2.57. The third kappa shape index (κ3) is 5.19. The molecule has 0 unspecified atom stereocenters. The summed E-state index contributed by atoms with van der Waals surface area (Å²) in [7, 11) is 0. The standard InChI is InChI=1S/C18H20BrNO2/c1-13-8-9-17(14(2)11-13)22-10-4-7-18(21)20-16-6-3-5-15(19)12-16/h3,5-6,8-9,11-12H,4,7,10H2,1-2H3,(H,20,21). The second-order valence-corrected chi connectivity index (χ2v) is 6.20. The first-order valence-corrected chi connectivity index (χ1v) is 8.09. The molecule has 2 aromatic carbocycles. The average Bonchev–Trinajstić information content (AvgIpc) is 2.45. The van der Waals surface area contributed by atoms with Crippen LogP contribution in [0.25, 0.3) is 0 Å². The van der Waals surface area contributed by atoms with Gasteiger partial charge in [0.1, 0.15) is 5.75 Å². The second kappa shape index (κ2) is 7.99. The van der Waals surface area contributed by atoms with E-state index in [4.69, 9.17) is 4.74 Å². The summed E-state index contributed by atoms with van der Waals surface area (Å²) in [5, 5.41) is 2.88. The summed E-state index contributed by atoms with van der Waals surface area (Å²) >= 11 is 3.38. The Kier molecular flexibility index (Phi) is 6.01. The molecule has 0 aliphatic rings. The Labute approximate surface area is 139 Å². The van der Waals surface area contributed by atoms with Gasteiger partial charge in [0.25, 0.3) is 0 Å². The van der Waals surface area contributed by atoms with Crippen molar-refractivity contribution >= 4 is 27.5 Å². The lowest BCUT2D eigenvalue weighted by Crippen LogP contribution is -2.12. The van der Waals surface area contributed by atoms with E-state index in [0.717, 1.165) is 21.5 Å². The zero-order chi connectivity index (χ0) is 15.9. The van der Waals surface area contributed by atoms with Crippen LogP contribution in [0.15, 0.2) is 46.9 Å². The van der Waals surface area contributed by atoms with E-state index >= 15 is 0 Å². The van der Waals surface area contributed by atoms with Crippen molar-refractivity contribution in [3.63, 3.8) is 0 Å². The van der Waals surface area contributed by atoms with Crippen LogP contribution in [0.2, 0.25) is 0 Å². The summed E-state index contributed by atoms with van der Waals surface area (Å²) in [6.07, 6.45) is 1.13. The molecule has 0 heterocycles. The van der Waals surface area contributed by atoms with Crippen LogP contribution in [0, 0.1) is 13.8 Å². The highest BCUT2D eigenvalue weighted by Crippen LogP contribution is 2.19. The summed E-state index contributed by atoms with van der Waals surface area (Å²) in [6.45, 7) is 4.63. The number of halogens is 1. The number of benzene rings is 2. The number of hydrogen-bond donors (Lipinski definition) is 1. The van der Waals surface area contributed by atoms with Crippen LogP contribution in [0.4, 0.5) is 5.69 Å². The highest BCUT2D eigenvalue weighted by molar-refractivity contribution is 9.10. The molecular formula is C18H20BrNO2. The first-order chi connectivity index (χ1) is 10.5. The van der Waals surface area contributed by atoms with Crippen LogP contribution in [-0.4, -0.2) is 12.5 Å². The van der Waals surface area contributed by atoms with Crippen LogP contribution in [0.5, 0.6) is 5.75 Å². The van der Waals surface area contributed by atoms with Crippen molar-refractivity contribution in [2.24, 2.45) is 0 Å². The second-order valence-electron chi connectivity index (χ2n) is 5.28. The summed E-state index contributed by atoms with van der Waals surface area (Å²) < 4.78 is 6.67. The molecule has 0 aromatic heterocycles. The van der Waals surface area contributed by atoms with Crippen molar-refractivity contribution in [1.82, 2.24) is 0 Å². The zero-order valence-corrected chi connectivity index (χ0v) is 14.4. The quantitative estimate of drug-likeness (QED) is 0.745. The molecule has 2 rings (SSSR count). The summed E-state index contributed by atoms with van der Waals surface area (Å²) in [4.78, 5) is 11.9. The molecule has 1 amide bonds. The molecule has 0 saturated carbocycles. The van der Waals surface area contributed by atoms with E-state index in [2.05, 4.69) is 34.2 Å². The molecule has 1 N–H and O–H groups in total. The van der Waals surface area contributed by atoms with Crippen molar-refractivity contribution in [1.29, 1.82) is 0 Å². The molecule has 0 saturated heterocycles. The Bertz CT molecular complexity index is 655. The molecule has 0 atom stereocenters. The molecule has 0 bridgehead atoms. The number of hydrogen-bond acceptors (Lipinski definition) is 2. The minimum absolute atomic E-state index is 0.00216. The number of rotatable bonds is 6. The van der Waals surface area contributed by atoms with Gasteiger partial charge in [-0.25, -0.2) is 0 Å². The first kappa shape index (κ1) is 16.6. The number of ether oxygens (including phenoxy) is 1. The number of aryl methyl sites for hydroxylation is 2. The number of carbonyl (C=O) groups excluding carboxylic acids is 1. The van der Waals surface area contributed by atoms with Gasteiger partial charge in [-0.1, -0.05) is 39.7 Å². The van der Waals surface area contributed by atoms with Crippen molar-refractivity contribution in [3.05, 3.63) is 58.1 Å². The van der Waals surface area contributed by atoms with E-state index in [0.29, 0.717) is 19.4 Å². The predicted molar refractivity (Wildman–Crippen MR) is 93.4 cm³/mol. The lowest BCUT2D eigenvalue weighted by atomic mass is 10.1. The van der Waals surface area contributed by atoms with E-state index < -0.39 is 0 Å². The van der Waals surface area contributed by atoms with Gasteiger partial charge in [0, 0.05) is 16.6 Å². The largest absolute Gasteiger partial charge is 0.493 e. The first-order valence-electron chi connectivity index (χ1n) is 7.30. The van der Waals surface area contributed by atoms with Gasteiger partial charge >= 0.3 is 0 Å². The Morgan fingerprint density at radius 3 is 2.73 bits per heavy atom. The lowest BCUT2D eigenvalue weighted by Gasteiger charge is -2.10. The van der Waals surface area contributed by atoms with E-state index in [1.165, 1.54) is 5.56 Å². The predicted octanol–water partition coefficient (Wildman–Crippen LogP) is 4.86. The van der Waals surface area contributed by atoms with E-state index in [1.54, 1.807) is 0 Å². The van der Waals surface area contributed by atoms with E-state index in [1.807, 2.05) is 43.3 Å². The molecule has 0 aliphatic heterocycles. The maximum Gasteiger partial charge on any atom is 0.224 e. The van der Waals surface area contributed by atoms with E-state index in [9.17, 15) is 4.79 Å². The van der Waals surface area contributed by atoms with Crippen LogP contribution < -0.4 is 10.1 Å². The van der Waals surface area contributed by atoms with Gasteiger partial charge in [0.2, 0.25) is 5.91 Å². The Balaban J connectivity index is 1.73. The van der Waals surface area contributed by atoms with Gasteiger partial charge in [-0.3, -0.25) is 4.79 Å². The molecule has 2 aromatic rings. The van der Waals surface area contributed by atoms with Gasteiger partial charge in [0.15, 0.2) is 0 Å². The highest BCUT2D eigenvalue weighted by Gasteiger charge is 2.04. The van der Waals surface area contributed by atoms with Gasteiger partial charge in [0.05, 0.1) is 6.61 Å². The summed E-state index contributed by atoms with van der Waals surface area (Å²) in [5.74, 6) is 0.889. The number of anilines is 1. The molecule has 3 nitrogen and oxygen atoms in total. The molecule has 0 spiro atoms. The maximum absolute atomic E-state index is 11.9. The fourth-order valence-electron chi connectivity index (χ4n) is 2.17. The lowest BCUT2D eigenvalue weighted by molar-refractivity contribution is -0.116. The van der Waals surface area contributed by atoms with Gasteiger partial charge < -0.3 is 10.1 Å². The monoisotopic (exact) mass is 361 g/mol. The van der Waals surface area contributed by atoms with Crippen LogP contribution >= 0.6 is 15.9 Å². The van der Waals surface area contributed by atoms with Crippen molar-refractivity contribution in [2.75, 3.05) is 11.9 Å². The smallest absolute Gasteiger partial charge is 0.224 e. The Morgan fingerprint density at radius 2 is 2.00 bits per heavy atom. The Hall–Kier alpha value is -1.81. The number of amides is 1. The Morgan fingerprint density at radius 1 is 1.18 bits per heavy atom. The van der Waals surface area contributed by atoms with Crippen molar-refractivity contribution in [3.8, 4) is 5.75 Å². The SMILES string of the molecule is Cc1ccc(OCCCC(=O)Nc2cccc(Br)c2)c(C)c1. The summed E-state index contributed by atoms with van der Waals surface area (Å²) in [6, 6.07) is 13.7. The van der Waals surface area contributed by atoms with Crippen LogP contribution in [0.1, 0.15) is 24.0 Å². The third-order valence-corrected chi connectivity index (χ3v) is 3.74. The molecule has 116 valence electrons. The zero-order valence-electron chi connectivity index (χ0n) is 12.9. The van der Waals surface area contributed by atoms with Crippen molar-refractivity contribution < 1.29 is 9.53 Å². The van der Waals surface area contributed by atoms with Crippen LogP contribution in [-0.2, 0) is 4.79 Å². The number of nitrogens with one attached hydrogen (secondary N) is 1. The minimum atomic E-state index is 0.00216. The van der Waals surface area contributed by atoms with Gasteiger partial charge in [-0.2, -0.15) is 0 Å². The van der Waals surface area contributed by atoms with Gasteiger partial charge in [-0.05, 0) is 50.1 Å². The number of carbonyl (C=O) groups is 1. The molecule has 0 radical (unpaired) electrons. The van der Waals surface area contributed by atoms with Crippen LogP contribution in [0.3, 0.4) is 0 Å². The van der Waals surface area contributed by atoms with E-state index in [-0.39, 0.29) is 5.91 Å². The normalized spacial score (nSPS) is 10.3. The fraction of sp³-hybridized carbons (Fsp3) is 0.278. The molecular weight excluding hydrogens is 342 g/mol. The molecule has 0 aliphatic carbocycles. The van der Waals surface area contributed by atoms with Gasteiger partial charge in [-0.15, -0.1) is 0 Å².